The number of aromatic nitrogens is 4. The fraction of sp³-hybridized carbons (Fsp3) is 0.353. The number of aliphatic hydroxyl groups excluding tert-OH is 1. The van der Waals surface area contributed by atoms with Gasteiger partial charge in [0.1, 0.15) is 5.82 Å². The molecule has 24 heavy (non-hydrogen) atoms. The molecule has 0 radical (unpaired) electrons. The lowest BCUT2D eigenvalue weighted by atomic mass is 10.1. The largest absolute Gasteiger partial charge is 0.481 e. The summed E-state index contributed by atoms with van der Waals surface area (Å²) in [6.45, 7) is 4.17. The molecule has 0 saturated carbocycles. The van der Waals surface area contributed by atoms with Gasteiger partial charge in [-0.2, -0.15) is 9.61 Å². The molecule has 3 heterocycles. The molecule has 0 aromatic carbocycles. The molecule has 0 aliphatic carbocycles. The number of rotatable bonds is 6. The van der Waals surface area contributed by atoms with Gasteiger partial charge in [-0.3, -0.25) is 0 Å². The van der Waals surface area contributed by atoms with E-state index < -0.39 is 0 Å². The second-order valence-electron chi connectivity index (χ2n) is 5.89. The summed E-state index contributed by atoms with van der Waals surface area (Å²) >= 11 is 0. The summed E-state index contributed by atoms with van der Waals surface area (Å²) in [7, 11) is 1.59. The first-order valence-corrected chi connectivity index (χ1v) is 7.84. The van der Waals surface area contributed by atoms with Crippen LogP contribution in [-0.2, 0) is 0 Å². The Morgan fingerprint density at radius 2 is 2.04 bits per heavy atom. The van der Waals surface area contributed by atoms with Crippen LogP contribution in [0.3, 0.4) is 0 Å². The predicted octanol–water partition coefficient (Wildman–Crippen LogP) is 2.23. The maximum absolute atomic E-state index is 9.53. The first kappa shape index (κ1) is 16.2. The molecule has 0 aliphatic rings. The van der Waals surface area contributed by atoms with Crippen LogP contribution in [0.25, 0.3) is 16.8 Å². The Morgan fingerprint density at radius 1 is 1.21 bits per heavy atom. The number of nitrogens with zero attached hydrogens (tertiary/aromatic N) is 4. The minimum absolute atomic E-state index is 0.0501. The van der Waals surface area contributed by atoms with Crippen LogP contribution >= 0.6 is 0 Å². The molecule has 0 amide bonds. The maximum atomic E-state index is 9.53. The lowest BCUT2D eigenvalue weighted by Crippen LogP contribution is -2.30. The molecule has 0 spiro atoms. The van der Waals surface area contributed by atoms with E-state index >= 15 is 0 Å². The highest BCUT2D eigenvalue weighted by atomic mass is 16.5. The number of ether oxygens (including phenoxy) is 1. The number of hydrogen-bond donors (Lipinski definition) is 2. The fourth-order valence-corrected chi connectivity index (χ4v) is 2.48. The van der Waals surface area contributed by atoms with Crippen LogP contribution in [0.15, 0.2) is 36.8 Å². The van der Waals surface area contributed by atoms with Gasteiger partial charge in [-0.05, 0) is 18.1 Å². The molecule has 1 atom stereocenters. The minimum atomic E-state index is -0.0501. The van der Waals surface area contributed by atoms with Crippen LogP contribution in [0, 0.1) is 5.92 Å². The highest BCUT2D eigenvalue weighted by molar-refractivity contribution is 5.77. The van der Waals surface area contributed by atoms with Crippen molar-refractivity contribution in [2.24, 2.45) is 5.92 Å². The Morgan fingerprint density at radius 3 is 2.67 bits per heavy atom. The second kappa shape index (κ2) is 6.84. The first-order valence-electron chi connectivity index (χ1n) is 7.84. The Kier molecular flexibility index (Phi) is 4.61. The molecule has 3 aromatic rings. The summed E-state index contributed by atoms with van der Waals surface area (Å²) in [5, 5.41) is 17.3. The molecule has 2 N–H and O–H groups in total. The van der Waals surface area contributed by atoms with Gasteiger partial charge in [-0.25, -0.2) is 9.97 Å². The second-order valence-corrected chi connectivity index (χ2v) is 5.89. The SMILES string of the molecule is COc1ccc(-c2cnn3c(N[C@H](CO)C(C)C)ccnc23)cn1. The quantitative estimate of drug-likeness (QED) is 0.722. The molecular formula is C17H21N5O2. The van der Waals surface area contributed by atoms with Gasteiger partial charge in [-0.15, -0.1) is 0 Å². The van der Waals surface area contributed by atoms with E-state index in [1.54, 1.807) is 30.2 Å². The van der Waals surface area contributed by atoms with E-state index in [1.165, 1.54) is 0 Å². The van der Waals surface area contributed by atoms with Crippen molar-refractivity contribution in [3.05, 3.63) is 36.8 Å². The van der Waals surface area contributed by atoms with Crippen LogP contribution in [0.4, 0.5) is 5.82 Å². The number of nitrogens with one attached hydrogen (secondary N) is 1. The van der Waals surface area contributed by atoms with Crippen molar-refractivity contribution in [2.75, 3.05) is 19.0 Å². The molecule has 0 bridgehead atoms. The van der Waals surface area contributed by atoms with Crippen LogP contribution in [-0.4, -0.2) is 44.4 Å². The van der Waals surface area contributed by atoms with Crippen LogP contribution in [0.2, 0.25) is 0 Å². The summed E-state index contributed by atoms with van der Waals surface area (Å²) in [6, 6.07) is 5.53. The van der Waals surface area contributed by atoms with E-state index in [-0.39, 0.29) is 12.6 Å². The van der Waals surface area contributed by atoms with Gasteiger partial charge in [0.25, 0.3) is 0 Å². The third-order valence-electron chi connectivity index (χ3n) is 3.99. The highest BCUT2D eigenvalue weighted by Gasteiger charge is 2.16. The summed E-state index contributed by atoms with van der Waals surface area (Å²) in [6.07, 6.45) is 5.23. The Labute approximate surface area is 140 Å². The zero-order chi connectivity index (χ0) is 17.1. The molecule has 3 rings (SSSR count). The van der Waals surface area contributed by atoms with Crippen molar-refractivity contribution in [3.63, 3.8) is 0 Å². The van der Waals surface area contributed by atoms with E-state index in [1.807, 2.05) is 18.2 Å². The summed E-state index contributed by atoms with van der Waals surface area (Å²) in [4.78, 5) is 8.67. The monoisotopic (exact) mass is 327 g/mol. The molecule has 0 unspecified atom stereocenters. The van der Waals surface area contributed by atoms with E-state index in [0.717, 1.165) is 22.6 Å². The maximum Gasteiger partial charge on any atom is 0.212 e. The van der Waals surface area contributed by atoms with Crippen molar-refractivity contribution < 1.29 is 9.84 Å². The Hall–Kier alpha value is -2.67. The van der Waals surface area contributed by atoms with Crippen molar-refractivity contribution in [1.29, 1.82) is 0 Å². The van der Waals surface area contributed by atoms with E-state index in [9.17, 15) is 5.11 Å². The van der Waals surface area contributed by atoms with Crippen molar-refractivity contribution in [1.82, 2.24) is 19.6 Å². The first-order chi connectivity index (χ1) is 11.6. The zero-order valence-electron chi connectivity index (χ0n) is 14.0. The molecule has 7 heteroatoms. The predicted molar refractivity (Wildman–Crippen MR) is 92.1 cm³/mol. The zero-order valence-corrected chi connectivity index (χ0v) is 14.0. The Bertz CT molecular complexity index is 813. The van der Waals surface area contributed by atoms with Gasteiger partial charge in [0.2, 0.25) is 5.88 Å². The number of pyridine rings is 1. The molecule has 3 aromatic heterocycles. The van der Waals surface area contributed by atoms with Crippen molar-refractivity contribution in [3.8, 4) is 17.0 Å². The highest BCUT2D eigenvalue weighted by Crippen LogP contribution is 2.25. The molecule has 126 valence electrons. The van der Waals surface area contributed by atoms with Gasteiger partial charge in [0.05, 0.1) is 26.0 Å². The smallest absolute Gasteiger partial charge is 0.212 e. The summed E-state index contributed by atoms with van der Waals surface area (Å²) in [5.74, 6) is 1.65. The molecule has 0 aliphatic heterocycles. The fourth-order valence-electron chi connectivity index (χ4n) is 2.48. The molecule has 7 nitrogen and oxygen atoms in total. The number of hydrogen-bond acceptors (Lipinski definition) is 6. The normalized spacial score (nSPS) is 12.5. The topological polar surface area (TPSA) is 84.6 Å². The average molecular weight is 327 g/mol. The van der Waals surface area contributed by atoms with E-state index in [0.29, 0.717) is 11.8 Å². The van der Waals surface area contributed by atoms with Gasteiger partial charge in [0, 0.05) is 29.6 Å². The number of fused-ring (bicyclic) bond motifs is 1. The molecule has 0 fully saturated rings. The molecule has 0 saturated heterocycles. The lowest BCUT2D eigenvalue weighted by molar-refractivity contribution is 0.249. The summed E-state index contributed by atoms with van der Waals surface area (Å²) < 4.78 is 6.83. The molecular weight excluding hydrogens is 306 g/mol. The van der Waals surface area contributed by atoms with Gasteiger partial charge >= 0.3 is 0 Å². The lowest BCUT2D eigenvalue weighted by Gasteiger charge is -2.21. The van der Waals surface area contributed by atoms with E-state index in [2.05, 4.69) is 34.2 Å². The summed E-state index contributed by atoms with van der Waals surface area (Å²) in [5.41, 5.74) is 2.53. The van der Waals surface area contributed by atoms with Crippen molar-refractivity contribution >= 4 is 11.5 Å². The van der Waals surface area contributed by atoms with E-state index in [4.69, 9.17) is 4.74 Å². The van der Waals surface area contributed by atoms with Gasteiger partial charge < -0.3 is 15.2 Å². The minimum Gasteiger partial charge on any atom is -0.481 e. The Balaban J connectivity index is 1.99. The van der Waals surface area contributed by atoms with Crippen LogP contribution in [0.5, 0.6) is 5.88 Å². The average Bonchev–Trinajstić information content (AvgIpc) is 3.04. The number of anilines is 1. The third-order valence-corrected chi connectivity index (χ3v) is 3.99. The van der Waals surface area contributed by atoms with Gasteiger partial charge in [-0.1, -0.05) is 13.8 Å². The van der Waals surface area contributed by atoms with Crippen molar-refractivity contribution in [2.45, 2.75) is 19.9 Å². The number of methoxy groups -OCH3 is 1. The van der Waals surface area contributed by atoms with Crippen LogP contribution in [0.1, 0.15) is 13.8 Å². The standard InChI is InChI=1S/C17H21N5O2/c1-11(2)14(10-23)21-15-6-7-18-17-13(9-20-22(15)17)12-4-5-16(24-3)19-8-12/h4-9,11,14,21,23H,10H2,1-3H3/t14-/m1/s1. The van der Waals surface area contributed by atoms with Gasteiger partial charge in [0.15, 0.2) is 5.65 Å². The van der Waals surface area contributed by atoms with Crippen LogP contribution < -0.4 is 10.1 Å². The number of aliphatic hydroxyl groups is 1. The third kappa shape index (κ3) is 3.03.